The van der Waals surface area contributed by atoms with E-state index in [1.165, 1.54) is 0 Å². The van der Waals surface area contributed by atoms with E-state index in [2.05, 4.69) is 15.9 Å². The quantitative estimate of drug-likeness (QED) is 0.858. The van der Waals surface area contributed by atoms with E-state index in [0.717, 1.165) is 10.2 Å². The van der Waals surface area contributed by atoms with Crippen molar-refractivity contribution in [3.05, 3.63) is 27.7 Å². The Hall–Kier alpha value is -0.290. The lowest BCUT2D eigenvalue weighted by atomic mass is 10.3. The molecule has 0 spiro atoms. The second-order valence-corrected chi connectivity index (χ2v) is 4.35. The first-order chi connectivity index (χ1) is 7.25. The van der Waals surface area contributed by atoms with Crippen molar-refractivity contribution in [2.75, 3.05) is 19.8 Å². The highest BCUT2D eigenvalue weighted by Crippen LogP contribution is 2.28. The van der Waals surface area contributed by atoms with Gasteiger partial charge in [-0.3, -0.25) is 0 Å². The number of hydrogen-bond donors (Lipinski definition) is 0. The molecule has 0 saturated carbocycles. The smallest absolute Gasteiger partial charge is 0.191 e. The fourth-order valence-corrected chi connectivity index (χ4v) is 2.05. The number of benzene rings is 1. The third kappa shape index (κ3) is 3.08. The predicted molar refractivity (Wildman–Crippen MR) is 60.3 cm³/mol. The lowest BCUT2D eigenvalue weighted by Gasteiger charge is -2.12. The van der Waals surface area contributed by atoms with Crippen molar-refractivity contribution in [1.82, 2.24) is 0 Å². The number of halogens is 2. The molecule has 5 heteroatoms. The molecular weight excluding hydrogens is 283 g/mol. The van der Waals surface area contributed by atoms with Gasteiger partial charge in [-0.2, -0.15) is 0 Å². The third-order valence-corrected chi connectivity index (χ3v) is 2.81. The molecular formula is C10H10BrClO3. The van der Waals surface area contributed by atoms with Crippen LogP contribution < -0.4 is 4.74 Å². The first kappa shape index (κ1) is 11.2. The molecule has 1 heterocycles. The molecule has 0 atom stereocenters. The lowest BCUT2D eigenvalue weighted by molar-refractivity contribution is -0.0685. The molecule has 0 bridgehead atoms. The van der Waals surface area contributed by atoms with Crippen molar-refractivity contribution in [2.24, 2.45) is 0 Å². The molecule has 1 fully saturated rings. The minimum atomic E-state index is -0.257. The van der Waals surface area contributed by atoms with Crippen molar-refractivity contribution >= 4 is 27.5 Å². The Bertz CT molecular complexity index is 339. The van der Waals surface area contributed by atoms with E-state index in [1.807, 2.05) is 0 Å². The van der Waals surface area contributed by atoms with Crippen LogP contribution in [0.3, 0.4) is 0 Å². The second-order valence-electron chi connectivity index (χ2n) is 3.06. The molecule has 0 radical (unpaired) electrons. The van der Waals surface area contributed by atoms with Crippen LogP contribution in [0.4, 0.5) is 0 Å². The third-order valence-electron chi connectivity index (χ3n) is 1.96. The average molecular weight is 294 g/mol. The fourth-order valence-electron chi connectivity index (χ4n) is 1.25. The van der Waals surface area contributed by atoms with E-state index in [-0.39, 0.29) is 6.29 Å². The molecule has 1 aromatic carbocycles. The average Bonchev–Trinajstić information content (AvgIpc) is 2.69. The Morgan fingerprint density at radius 1 is 1.40 bits per heavy atom. The Kier molecular flexibility index (Phi) is 3.86. The van der Waals surface area contributed by atoms with Crippen molar-refractivity contribution < 1.29 is 14.2 Å². The molecule has 2 rings (SSSR count). The molecule has 0 aromatic heterocycles. The zero-order chi connectivity index (χ0) is 10.7. The van der Waals surface area contributed by atoms with Crippen LogP contribution in [0.25, 0.3) is 0 Å². The number of ether oxygens (including phenoxy) is 3. The van der Waals surface area contributed by atoms with E-state index in [4.69, 9.17) is 25.8 Å². The monoisotopic (exact) mass is 292 g/mol. The predicted octanol–water partition coefficient (Wildman–Crippen LogP) is 2.85. The summed E-state index contributed by atoms with van der Waals surface area (Å²) < 4.78 is 16.8. The minimum absolute atomic E-state index is 0.257. The number of hydrogen-bond acceptors (Lipinski definition) is 3. The van der Waals surface area contributed by atoms with Crippen LogP contribution in [-0.4, -0.2) is 26.1 Å². The van der Waals surface area contributed by atoms with Gasteiger partial charge in [-0.15, -0.1) is 0 Å². The molecule has 82 valence electrons. The molecule has 0 aliphatic carbocycles. The Labute approximate surface area is 101 Å². The van der Waals surface area contributed by atoms with Crippen molar-refractivity contribution in [3.63, 3.8) is 0 Å². The molecule has 0 amide bonds. The molecule has 0 unspecified atom stereocenters. The first-order valence-corrected chi connectivity index (χ1v) is 5.74. The molecule has 3 nitrogen and oxygen atoms in total. The zero-order valence-corrected chi connectivity index (χ0v) is 10.3. The Balaban J connectivity index is 1.92. The van der Waals surface area contributed by atoms with Gasteiger partial charge in [-0.25, -0.2) is 0 Å². The molecule has 1 aliphatic rings. The largest absolute Gasteiger partial charge is 0.487 e. The summed E-state index contributed by atoms with van der Waals surface area (Å²) in [5.41, 5.74) is 0. The van der Waals surface area contributed by atoms with E-state index in [0.29, 0.717) is 24.8 Å². The summed E-state index contributed by atoms with van der Waals surface area (Å²) in [4.78, 5) is 0. The molecule has 0 N–H and O–H groups in total. The Morgan fingerprint density at radius 2 is 2.13 bits per heavy atom. The second kappa shape index (κ2) is 5.16. The topological polar surface area (TPSA) is 27.7 Å². The molecule has 1 aliphatic heterocycles. The van der Waals surface area contributed by atoms with Crippen LogP contribution in [0.1, 0.15) is 0 Å². The van der Waals surface area contributed by atoms with Gasteiger partial charge >= 0.3 is 0 Å². The minimum Gasteiger partial charge on any atom is -0.487 e. The maximum atomic E-state index is 5.81. The van der Waals surface area contributed by atoms with Gasteiger partial charge in [0.25, 0.3) is 0 Å². The molecule has 1 aromatic rings. The maximum Gasteiger partial charge on any atom is 0.191 e. The van der Waals surface area contributed by atoms with E-state index in [1.54, 1.807) is 18.2 Å². The van der Waals surface area contributed by atoms with Gasteiger partial charge in [-0.05, 0) is 34.1 Å². The molecule has 15 heavy (non-hydrogen) atoms. The van der Waals surface area contributed by atoms with Crippen molar-refractivity contribution in [2.45, 2.75) is 6.29 Å². The molecule has 1 saturated heterocycles. The highest BCUT2D eigenvalue weighted by atomic mass is 79.9. The summed E-state index contributed by atoms with van der Waals surface area (Å²) in [5, 5.41) is 0.669. The highest BCUT2D eigenvalue weighted by molar-refractivity contribution is 9.10. The fraction of sp³-hybridized carbons (Fsp3) is 0.400. The summed E-state index contributed by atoms with van der Waals surface area (Å²) in [5.74, 6) is 0.735. The van der Waals surface area contributed by atoms with Gasteiger partial charge in [0.1, 0.15) is 12.4 Å². The van der Waals surface area contributed by atoms with Gasteiger partial charge in [0, 0.05) is 5.02 Å². The normalized spacial score (nSPS) is 16.9. The van der Waals surface area contributed by atoms with Gasteiger partial charge in [0.2, 0.25) is 0 Å². The lowest BCUT2D eigenvalue weighted by Crippen LogP contribution is -2.18. The van der Waals surface area contributed by atoms with E-state index >= 15 is 0 Å². The standard InChI is InChI=1S/C10H10BrClO3/c11-8-5-7(12)1-2-9(8)15-6-10-13-3-4-14-10/h1-2,5,10H,3-4,6H2. The van der Waals surface area contributed by atoms with Crippen LogP contribution in [0.5, 0.6) is 5.75 Å². The van der Waals surface area contributed by atoms with Crippen LogP contribution in [-0.2, 0) is 9.47 Å². The highest BCUT2D eigenvalue weighted by Gasteiger charge is 2.16. The maximum absolute atomic E-state index is 5.81. The van der Waals surface area contributed by atoms with Gasteiger partial charge in [-0.1, -0.05) is 11.6 Å². The van der Waals surface area contributed by atoms with Gasteiger partial charge in [0.15, 0.2) is 6.29 Å². The summed E-state index contributed by atoms with van der Waals surface area (Å²) in [6.07, 6.45) is -0.257. The SMILES string of the molecule is Clc1ccc(OCC2OCCO2)c(Br)c1. The van der Waals surface area contributed by atoms with Gasteiger partial charge in [0.05, 0.1) is 17.7 Å². The zero-order valence-electron chi connectivity index (χ0n) is 7.91. The van der Waals surface area contributed by atoms with Crippen molar-refractivity contribution in [3.8, 4) is 5.75 Å². The van der Waals surface area contributed by atoms with E-state index < -0.39 is 0 Å². The number of rotatable bonds is 3. The first-order valence-electron chi connectivity index (χ1n) is 4.57. The van der Waals surface area contributed by atoms with Crippen LogP contribution >= 0.6 is 27.5 Å². The van der Waals surface area contributed by atoms with Crippen LogP contribution in [0.2, 0.25) is 5.02 Å². The summed E-state index contributed by atoms with van der Waals surface area (Å²) in [6, 6.07) is 5.37. The van der Waals surface area contributed by atoms with Crippen molar-refractivity contribution in [1.29, 1.82) is 0 Å². The Morgan fingerprint density at radius 3 is 2.80 bits per heavy atom. The van der Waals surface area contributed by atoms with E-state index in [9.17, 15) is 0 Å². The summed E-state index contributed by atoms with van der Waals surface area (Å²) >= 11 is 9.17. The summed E-state index contributed by atoms with van der Waals surface area (Å²) in [7, 11) is 0. The van der Waals surface area contributed by atoms with Crippen LogP contribution in [0.15, 0.2) is 22.7 Å². The van der Waals surface area contributed by atoms with Crippen LogP contribution in [0, 0.1) is 0 Å². The van der Waals surface area contributed by atoms with Gasteiger partial charge < -0.3 is 14.2 Å². The summed E-state index contributed by atoms with van der Waals surface area (Å²) in [6.45, 7) is 1.66.